The van der Waals surface area contributed by atoms with Crippen LogP contribution in [0.5, 0.6) is 0 Å². The van der Waals surface area contributed by atoms with Crippen molar-refractivity contribution >= 4 is 29.7 Å². The number of hydrogen-bond acceptors (Lipinski definition) is 4. The minimum Gasteiger partial charge on any atom is -0.337 e. The van der Waals surface area contributed by atoms with Gasteiger partial charge in [-0.05, 0) is 44.1 Å². The van der Waals surface area contributed by atoms with Gasteiger partial charge in [-0.25, -0.2) is 4.98 Å². The van der Waals surface area contributed by atoms with Crippen LogP contribution in [0.15, 0.2) is 5.38 Å². The summed E-state index contributed by atoms with van der Waals surface area (Å²) in [7, 11) is 0. The number of halogens is 1. The highest BCUT2D eigenvalue weighted by molar-refractivity contribution is 7.09. The van der Waals surface area contributed by atoms with Gasteiger partial charge in [-0.2, -0.15) is 0 Å². The molecule has 6 heteroatoms. The van der Waals surface area contributed by atoms with Crippen LogP contribution < -0.4 is 5.73 Å². The zero-order valence-corrected chi connectivity index (χ0v) is 13.2. The fourth-order valence-corrected chi connectivity index (χ4v) is 3.06. The van der Waals surface area contributed by atoms with Gasteiger partial charge in [-0.15, -0.1) is 23.7 Å². The molecule has 1 heterocycles. The first-order valence-electron chi connectivity index (χ1n) is 7.20. The quantitative estimate of drug-likeness (QED) is 0.840. The summed E-state index contributed by atoms with van der Waals surface area (Å²) in [6.45, 7) is 2.45. The Kier molecular flexibility index (Phi) is 5.41. The van der Waals surface area contributed by atoms with E-state index in [9.17, 15) is 4.79 Å². The molecule has 2 fully saturated rings. The van der Waals surface area contributed by atoms with Crippen LogP contribution in [0.4, 0.5) is 0 Å². The number of nitrogens with two attached hydrogens (primary N) is 1. The smallest absolute Gasteiger partial charge is 0.273 e. The summed E-state index contributed by atoms with van der Waals surface area (Å²) in [6.07, 6.45) is 5.89. The second-order valence-corrected chi connectivity index (χ2v) is 6.70. The van der Waals surface area contributed by atoms with Gasteiger partial charge >= 0.3 is 0 Å². The van der Waals surface area contributed by atoms with Crippen LogP contribution >= 0.6 is 23.7 Å². The van der Waals surface area contributed by atoms with Crippen molar-refractivity contribution in [2.75, 3.05) is 19.6 Å². The Labute approximate surface area is 130 Å². The van der Waals surface area contributed by atoms with Crippen molar-refractivity contribution in [3.63, 3.8) is 0 Å². The molecule has 0 atom stereocenters. The normalized spacial score (nSPS) is 17.6. The fourth-order valence-electron chi connectivity index (χ4n) is 2.27. The van der Waals surface area contributed by atoms with E-state index in [1.807, 2.05) is 10.3 Å². The Morgan fingerprint density at radius 3 is 2.40 bits per heavy atom. The molecule has 1 aromatic rings. The lowest BCUT2D eigenvalue weighted by Crippen LogP contribution is -2.35. The van der Waals surface area contributed by atoms with E-state index in [1.165, 1.54) is 25.7 Å². The molecule has 2 saturated carbocycles. The average molecular weight is 316 g/mol. The fraction of sp³-hybridized carbons (Fsp3) is 0.714. The van der Waals surface area contributed by atoms with E-state index in [4.69, 9.17) is 5.73 Å². The van der Waals surface area contributed by atoms with E-state index in [-0.39, 0.29) is 18.3 Å². The summed E-state index contributed by atoms with van der Waals surface area (Å²) < 4.78 is 0. The molecule has 2 aliphatic carbocycles. The Hall–Kier alpha value is -0.650. The second kappa shape index (κ2) is 6.87. The molecule has 0 aromatic carbocycles. The number of rotatable bonds is 7. The van der Waals surface area contributed by atoms with E-state index in [0.29, 0.717) is 12.2 Å². The van der Waals surface area contributed by atoms with Crippen molar-refractivity contribution in [1.29, 1.82) is 0 Å². The molecule has 112 valence electrons. The number of hydrogen-bond donors (Lipinski definition) is 1. The molecule has 1 amide bonds. The lowest BCUT2D eigenvalue weighted by Gasteiger charge is -2.21. The molecule has 0 spiro atoms. The van der Waals surface area contributed by atoms with E-state index in [1.54, 1.807) is 11.3 Å². The minimum atomic E-state index is 0. The third-order valence-corrected chi connectivity index (χ3v) is 4.68. The number of nitrogens with zero attached hydrogens (tertiary/aromatic N) is 2. The Morgan fingerprint density at radius 1 is 1.30 bits per heavy atom. The molecule has 0 unspecified atom stereocenters. The van der Waals surface area contributed by atoms with Gasteiger partial charge in [-0.1, -0.05) is 0 Å². The Morgan fingerprint density at radius 2 is 1.90 bits per heavy atom. The van der Waals surface area contributed by atoms with Crippen molar-refractivity contribution in [3.8, 4) is 0 Å². The van der Waals surface area contributed by atoms with Crippen molar-refractivity contribution in [2.24, 2.45) is 17.6 Å². The third kappa shape index (κ3) is 4.17. The molecule has 0 bridgehead atoms. The van der Waals surface area contributed by atoms with Crippen molar-refractivity contribution in [1.82, 2.24) is 9.88 Å². The lowest BCUT2D eigenvalue weighted by atomic mass is 10.3. The molecule has 0 saturated heterocycles. The van der Waals surface area contributed by atoms with Gasteiger partial charge in [-0.3, -0.25) is 4.79 Å². The minimum absolute atomic E-state index is 0. The first kappa shape index (κ1) is 15.7. The van der Waals surface area contributed by atoms with E-state index in [0.717, 1.165) is 36.4 Å². The summed E-state index contributed by atoms with van der Waals surface area (Å²) in [5.74, 6) is 1.60. The van der Waals surface area contributed by atoms with Crippen molar-refractivity contribution < 1.29 is 4.79 Å². The van der Waals surface area contributed by atoms with Gasteiger partial charge in [0.05, 0.1) is 5.01 Å². The van der Waals surface area contributed by atoms with Gasteiger partial charge in [0, 0.05) is 24.9 Å². The molecule has 2 aliphatic rings. The molecule has 0 aliphatic heterocycles. The summed E-state index contributed by atoms with van der Waals surface area (Å²) >= 11 is 1.55. The summed E-state index contributed by atoms with van der Waals surface area (Å²) in [4.78, 5) is 19.0. The van der Waals surface area contributed by atoms with Gasteiger partial charge in [0.25, 0.3) is 5.91 Å². The maximum absolute atomic E-state index is 12.5. The molecule has 20 heavy (non-hydrogen) atoms. The van der Waals surface area contributed by atoms with Crippen molar-refractivity contribution in [2.45, 2.75) is 32.1 Å². The van der Waals surface area contributed by atoms with Crippen LogP contribution in [0.2, 0.25) is 0 Å². The number of carbonyl (C=O) groups excluding carboxylic acids is 1. The molecule has 4 nitrogen and oxygen atoms in total. The third-order valence-electron chi connectivity index (χ3n) is 3.77. The largest absolute Gasteiger partial charge is 0.337 e. The van der Waals surface area contributed by atoms with E-state index >= 15 is 0 Å². The van der Waals surface area contributed by atoms with E-state index < -0.39 is 0 Å². The van der Waals surface area contributed by atoms with Gasteiger partial charge in [0.1, 0.15) is 5.69 Å². The van der Waals surface area contributed by atoms with Gasteiger partial charge in [0.2, 0.25) is 0 Å². The number of aromatic nitrogens is 1. The second-order valence-electron chi connectivity index (χ2n) is 5.76. The maximum atomic E-state index is 12.5. The number of thiazole rings is 1. The highest BCUT2D eigenvalue weighted by Gasteiger charge is 2.32. The monoisotopic (exact) mass is 315 g/mol. The zero-order valence-electron chi connectivity index (χ0n) is 11.6. The van der Waals surface area contributed by atoms with Crippen LogP contribution in [0.3, 0.4) is 0 Å². The predicted molar refractivity (Wildman–Crippen MR) is 83.5 cm³/mol. The van der Waals surface area contributed by atoms with Gasteiger partial charge in [0.15, 0.2) is 0 Å². The highest BCUT2D eigenvalue weighted by Crippen LogP contribution is 2.34. The van der Waals surface area contributed by atoms with E-state index in [2.05, 4.69) is 4.98 Å². The standard InChI is InChI=1S/C14H21N3OS.ClH/c15-6-5-13-16-12(9-19-13)14(18)17(7-10-1-2-10)8-11-3-4-11;/h9-11H,1-8,15H2;1H. The molecular weight excluding hydrogens is 294 g/mol. The summed E-state index contributed by atoms with van der Waals surface area (Å²) in [6, 6.07) is 0. The first-order valence-corrected chi connectivity index (χ1v) is 8.08. The molecule has 0 radical (unpaired) electrons. The number of amides is 1. The Balaban J connectivity index is 0.00000147. The van der Waals surface area contributed by atoms with Crippen LogP contribution in [-0.4, -0.2) is 35.4 Å². The summed E-state index contributed by atoms with van der Waals surface area (Å²) in [5, 5.41) is 2.86. The predicted octanol–water partition coefficient (Wildman–Crippen LogP) is 2.33. The topological polar surface area (TPSA) is 59.2 Å². The SMILES string of the molecule is Cl.NCCc1nc(C(=O)N(CC2CC2)CC2CC2)cs1. The molecular formula is C14H22ClN3OS. The number of carbonyl (C=O) groups is 1. The maximum Gasteiger partial charge on any atom is 0.273 e. The summed E-state index contributed by atoms with van der Waals surface area (Å²) in [5.41, 5.74) is 6.15. The first-order chi connectivity index (χ1) is 9.26. The Bertz CT molecular complexity index is 443. The van der Waals surface area contributed by atoms with Crippen molar-refractivity contribution in [3.05, 3.63) is 16.1 Å². The van der Waals surface area contributed by atoms with Gasteiger partial charge < -0.3 is 10.6 Å². The van der Waals surface area contributed by atoms with Crippen LogP contribution in [0.1, 0.15) is 41.2 Å². The van der Waals surface area contributed by atoms with Crippen LogP contribution in [0, 0.1) is 11.8 Å². The van der Waals surface area contributed by atoms with Crippen LogP contribution in [0.25, 0.3) is 0 Å². The molecule has 2 N–H and O–H groups in total. The lowest BCUT2D eigenvalue weighted by molar-refractivity contribution is 0.0734. The average Bonchev–Trinajstić information content (AvgIpc) is 3.31. The molecule has 1 aromatic heterocycles. The molecule has 3 rings (SSSR count). The highest BCUT2D eigenvalue weighted by atomic mass is 35.5. The zero-order chi connectivity index (χ0) is 13.2. The van der Waals surface area contributed by atoms with Crippen LogP contribution in [-0.2, 0) is 6.42 Å².